The molecule has 0 aliphatic heterocycles. The van der Waals surface area contributed by atoms with Gasteiger partial charge >= 0.3 is 10.2 Å². The van der Waals surface area contributed by atoms with Gasteiger partial charge in [-0.2, -0.15) is 8.42 Å². The van der Waals surface area contributed by atoms with Crippen molar-refractivity contribution in [2.24, 2.45) is 0 Å². The van der Waals surface area contributed by atoms with Gasteiger partial charge in [-0.3, -0.25) is 4.72 Å². The zero-order chi connectivity index (χ0) is 11.6. The van der Waals surface area contributed by atoms with E-state index in [4.69, 9.17) is 0 Å². The van der Waals surface area contributed by atoms with Crippen LogP contribution in [0.5, 0.6) is 0 Å². The van der Waals surface area contributed by atoms with E-state index in [9.17, 15) is 8.42 Å². The van der Waals surface area contributed by atoms with Gasteiger partial charge in [-0.25, -0.2) is 8.96 Å². The molecule has 0 bridgehead atoms. The maximum atomic E-state index is 11.8. The molecule has 0 amide bonds. The van der Waals surface area contributed by atoms with Gasteiger partial charge in [-0.05, 0) is 18.6 Å². The molecule has 0 aliphatic rings. The number of hydrogen-bond donors (Lipinski definition) is 1. The fourth-order valence-corrected chi connectivity index (χ4v) is 2.27. The molecule has 1 aromatic carbocycles. The molecule has 0 radical (unpaired) electrons. The molecular formula is C10H11N3O2S. The Bertz CT molecular complexity index is 576. The van der Waals surface area contributed by atoms with Crippen LogP contribution in [0.4, 0.5) is 5.69 Å². The number of benzene rings is 1. The first-order chi connectivity index (χ1) is 7.59. The monoisotopic (exact) mass is 237 g/mol. The van der Waals surface area contributed by atoms with Gasteiger partial charge < -0.3 is 0 Å². The van der Waals surface area contributed by atoms with E-state index in [1.54, 1.807) is 12.1 Å². The Morgan fingerprint density at radius 3 is 2.69 bits per heavy atom. The topological polar surface area (TPSA) is 64.0 Å². The van der Waals surface area contributed by atoms with Gasteiger partial charge in [-0.15, -0.1) is 0 Å². The van der Waals surface area contributed by atoms with E-state index >= 15 is 0 Å². The zero-order valence-electron chi connectivity index (χ0n) is 8.66. The molecule has 1 N–H and O–H groups in total. The molecule has 0 saturated heterocycles. The summed E-state index contributed by atoms with van der Waals surface area (Å²) < 4.78 is 27.2. The molecular weight excluding hydrogens is 226 g/mol. The van der Waals surface area contributed by atoms with Crippen LogP contribution in [0.15, 0.2) is 43.0 Å². The molecule has 1 aromatic heterocycles. The van der Waals surface area contributed by atoms with Crippen LogP contribution in [-0.4, -0.2) is 17.4 Å². The largest absolute Gasteiger partial charge is 0.328 e. The van der Waals surface area contributed by atoms with Gasteiger partial charge in [0.2, 0.25) is 0 Å². The van der Waals surface area contributed by atoms with Crippen molar-refractivity contribution in [1.82, 2.24) is 8.96 Å². The summed E-state index contributed by atoms with van der Waals surface area (Å²) >= 11 is 0. The molecule has 0 spiro atoms. The van der Waals surface area contributed by atoms with Crippen molar-refractivity contribution < 1.29 is 8.42 Å². The highest BCUT2D eigenvalue weighted by Crippen LogP contribution is 2.15. The molecule has 2 rings (SSSR count). The lowest BCUT2D eigenvalue weighted by Gasteiger charge is -2.10. The van der Waals surface area contributed by atoms with Crippen molar-refractivity contribution in [3.8, 4) is 0 Å². The van der Waals surface area contributed by atoms with E-state index < -0.39 is 10.2 Å². The van der Waals surface area contributed by atoms with Crippen molar-refractivity contribution in [2.75, 3.05) is 4.72 Å². The van der Waals surface area contributed by atoms with Crippen molar-refractivity contribution in [3.63, 3.8) is 0 Å². The summed E-state index contributed by atoms with van der Waals surface area (Å²) in [7, 11) is -3.59. The van der Waals surface area contributed by atoms with E-state index in [1.165, 1.54) is 18.7 Å². The Morgan fingerprint density at radius 2 is 2.06 bits per heavy atom. The summed E-state index contributed by atoms with van der Waals surface area (Å²) in [6.07, 6.45) is 4.03. The molecule has 0 saturated carbocycles. The minimum Gasteiger partial charge on any atom is -0.266 e. The summed E-state index contributed by atoms with van der Waals surface area (Å²) in [5, 5.41) is 0. The highest BCUT2D eigenvalue weighted by atomic mass is 32.2. The van der Waals surface area contributed by atoms with Gasteiger partial charge in [0.05, 0.1) is 5.69 Å². The standard InChI is InChI=1S/C10H11N3O2S/c1-9-4-2-3-5-10(9)12-16(14,15)13-7-6-11-8-13/h2-8,12H,1H3. The highest BCUT2D eigenvalue weighted by molar-refractivity contribution is 7.91. The first-order valence-electron chi connectivity index (χ1n) is 4.66. The van der Waals surface area contributed by atoms with E-state index in [2.05, 4.69) is 9.71 Å². The summed E-state index contributed by atoms with van der Waals surface area (Å²) in [6, 6.07) is 7.18. The first-order valence-corrected chi connectivity index (χ1v) is 6.10. The molecule has 5 nitrogen and oxygen atoms in total. The average Bonchev–Trinajstić information content (AvgIpc) is 2.75. The van der Waals surface area contributed by atoms with E-state index in [0.29, 0.717) is 5.69 Å². The van der Waals surface area contributed by atoms with Crippen LogP contribution in [0.25, 0.3) is 0 Å². The second-order valence-electron chi connectivity index (χ2n) is 3.31. The maximum Gasteiger partial charge on any atom is 0.328 e. The van der Waals surface area contributed by atoms with Gasteiger partial charge in [0, 0.05) is 12.4 Å². The molecule has 6 heteroatoms. The summed E-state index contributed by atoms with van der Waals surface area (Å²) in [5.74, 6) is 0. The van der Waals surface area contributed by atoms with E-state index in [0.717, 1.165) is 9.54 Å². The van der Waals surface area contributed by atoms with Crippen LogP contribution < -0.4 is 4.72 Å². The van der Waals surface area contributed by atoms with Crippen LogP contribution in [0.1, 0.15) is 5.56 Å². The Balaban J connectivity index is 2.33. The summed E-state index contributed by atoms with van der Waals surface area (Å²) in [4.78, 5) is 3.70. The fourth-order valence-electron chi connectivity index (χ4n) is 1.27. The number of imidazole rings is 1. The molecule has 16 heavy (non-hydrogen) atoms. The zero-order valence-corrected chi connectivity index (χ0v) is 9.48. The summed E-state index contributed by atoms with van der Waals surface area (Å²) in [5.41, 5.74) is 1.43. The van der Waals surface area contributed by atoms with Crippen molar-refractivity contribution >= 4 is 15.9 Å². The van der Waals surface area contributed by atoms with Crippen molar-refractivity contribution in [3.05, 3.63) is 48.5 Å². The highest BCUT2D eigenvalue weighted by Gasteiger charge is 2.12. The van der Waals surface area contributed by atoms with Gasteiger partial charge in [0.15, 0.2) is 0 Å². The van der Waals surface area contributed by atoms with Gasteiger partial charge in [-0.1, -0.05) is 18.2 Å². The lowest BCUT2D eigenvalue weighted by molar-refractivity contribution is 0.592. The second-order valence-corrected chi connectivity index (χ2v) is 4.89. The van der Waals surface area contributed by atoms with Crippen LogP contribution in [-0.2, 0) is 10.2 Å². The fraction of sp³-hybridized carbons (Fsp3) is 0.100. The van der Waals surface area contributed by atoms with Crippen LogP contribution in [0.2, 0.25) is 0 Å². The number of nitrogens with zero attached hydrogens (tertiary/aromatic N) is 2. The third-order valence-corrected chi connectivity index (χ3v) is 3.39. The minimum atomic E-state index is -3.59. The smallest absolute Gasteiger partial charge is 0.266 e. The number of aryl methyl sites for hydroxylation is 1. The van der Waals surface area contributed by atoms with E-state index in [-0.39, 0.29) is 0 Å². The third kappa shape index (κ3) is 2.06. The number of aromatic nitrogens is 2. The normalized spacial score (nSPS) is 11.3. The Labute approximate surface area is 93.9 Å². The number of nitrogens with one attached hydrogen (secondary N) is 1. The molecule has 0 aliphatic carbocycles. The van der Waals surface area contributed by atoms with Crippen molar-refractivity contribution in [2.45, 2.75) is 6.92 Å². The maximum absolute atomic E-state index is 11.8. The average molecular weight is 237 g/mol. The predicted molar refractivity (Wildman–Crippen MR) is 61.3 cm³/mol. The molecule has 2 aromatic rings. The minimum absolute atomic E-state index is 0.566. The Kier molecular flexibility index (Phi) is 2.66. The Morgan fingerprint density at radius 1 is 1.31 bits per heavy atom. The number of anilines is 1. The Hall–Kier alpha value is -1.82. The van der Waals surface area contributed by atoms with Crippen molar-refractivity contribution in [1.29, 1.82) is 0 Å². The van der Waals surface area contributed by atoms with Crippen LogP contribution in [0, 0.1) is 6.92 Å². The number of rotatable bonds is 3. The lowest BCUT2D eigenvalue weighted by atomic mass is 10.2. The lowest BCUT2D eigenvalue weighted by Crippen LogP contribution is -2.20. The number of hydrogen-bond acceptors (Lipinski definition) is 3. The molecule has 0 fully saturated rings. The molecule has 84 valence electrons. The second kappa shape index (κ2) is 3.97. The van der Waals surface area contributed by atoms with Gasteiger partial charge in [0.25, 0.3) is 0 Å². The van der Waals surface area contributed by atoms with E-state index in [1.807, 2.05) is 19.1 Å². The molecule has 0 atom stereocenters. The van der Waals surface area contributed by atoms with Crippen LogP contribution in [0.3, 0.4) is 0 Å². The quantitative estimate of drug-likeness (QED) is 0.877. The molecule has 0 unspecified atom stereocenters. The number of para-hydroxylation sites is 1. The van der Waals surface area contributed by atoms with Crippen LogP contribution >= 0.6 is 0 Å². The van der Waals surface area contributed by atoms with Gasteiger partial charge in [0.1, 0.15) is 6.33 Å². The summed E-state index contributed by atoms with van der Waals surface area (Å²) in [6.45, 7) is 1.84. The molecule has 1 heterocycles. The third-order valence-electron chi connectivity index (χ3n) is 2.14. The first kappa shape index (κ1) is 10.7. The predicted octanol–water partition coefficient (Wildman–Crippen LogP) is 1.40. The SMILES string of the molecule is Cc1ccccc1NS(=O)(=O)n1ccnc1.